The Kier molecular flexibility index (Phi) is 9.24. The summed E-state index contributed by atoms with van der Waals surface area (Å²) in [6.07, 6.45) is 3.31. The second-order valence-corrected chi connectivity index (χ2v) is 11.9. The Bertz CT molecular complexity index is 2090. The molecule has 225 valence electrons. The van der Waals surface area contributed by atoms with Crippen molar-refractivity contribution >= 4 is 21.4 Å². The molecule has 0 aliphatic carbocycles. The van der Waals surface area contributed by atoms with Crippen LogP contribution < -0.4 is 0 Å². The Hall–Kier alpha value is -4.21. The fourth-order valence-corrected chi connectivity index (χ4v) is 6.45. The average molecular weight is 782 g/mol. The first-order valence-electron chi connectivity index (χ1n) is 16.2. The molecule has 3 heterocycles. The third-order valence-electron chi connectivity index (χ3n) is 7.55. The van der Waals surface area contributed by atoms with Crippen LogP contribution in [-0.4, -0.2) is 9.97 Å². The molecular weight excluding hydrogens is 745 g/mol. The number of benzene rings is 4. The Morgan fingerprint density at radius 1 is 0.756 bits per heavy atom. The molecule has 2 nitrogen and oxygen atoms in total. The Labute approximate surface area is 288 Å². The van der Waals surface area contributed by atoms with E-state index in [4.69, 9.17) is 9.10 Å². The molecule has 0 N–H and O–H groups in total. The van der Waals surface area contributed by atoms with Crippen LogP contribution in [0.15, 0.2) is 128 Å². The molecule has 0 bridgehead atoms. The van der Waals surface area contributed by atoms with Crippen LogP contribution in [0.1, 0.15) is 40.6 Å². The second-order valence-electron chi connectivity index (χ2n) is 10.9. The zero-order chi connectivity index (χ0) is 33.0. The summed E-state index contributed by atoms with van der Waals surface area (Å²) in [6, 6.07) is 45.4. The zero-order valence-corrected chi connectivity index (χ0v) is 28.5. The van der Waals surface area contributed by atoms with E-state index < -0.39 is 6.85 Å². The van der Waals surface area contributed by atoms with Gasteiger partial charge in [-0.15, -0.1) is 53.6 Å². The van der Waals surface area contributed by atoms with Crippen molar-refractivity contribution in [2.24, 2.45) is 0 Å². The van der Waals surface area contributed by atoms with Gasteiger partial charge in [0.1, 0.15) is 0 Å². The number of nitrogens with zero attached hydrogens (tertiary/aromatic N) is 2. The van der Waals surface area contributed by atoms with Gasteiger partial charge in [-0.05, 0) is 58.5 Å². The van der Waals surface area contributed by atoms with E-state index in [1.54, 1.807) is 18.2 Å². The number of pyridine rings is 2. The first-order valence-corrected chi connectivity index (χ1v) is 15.5. The number of hydrogen-bond acceptors (Lipinski definition) is 3. The van der Waals surface area contributed by atoms with Crippen LogP contribution in [0.3, 0.4) is 0 Å². The minimum absolute atomic E-state index is 0. The standard InChI is InChI=1S/C29H24NS.C12H10N.Ir/c1-19(2)23-14-15-30-26(17-23)24-16-25(21-10-6-4-7-11-21)28-20(3)29(31-27(28)18-24)22-12-8-5-9-13-22;1-10-7-8-12(13-9-10)11-5-3-2-4-6-11;/h4-17,19H,1-3H3;2-5,7-9H,1H3;/q2*-1;/i;1D3;. The predicted octanol–water partition coefficient (Wildman–Crippen LogP) is 11.4. The van der Waals surface area contributed by atoms with Crippen molar-refractivity contribution in [1.29, 1.82) is 0 Å². The molecule has 0 saturated heterocycles. The number of aryl methyl sites for hydroxylation is 2. The van der Waals surface area contributed by atoms with Crippen molar-refractivity contribution in [3.8, 4) is 44.1 Å². The number of rotatable bonds is 5. The summed E-state index contributed by atoms with van der Waals surface area (Å²) in [5, 5.41) is 1.29. The monoisotopic (exact) mass is 782 g/mol. The number of aromatic nitrogens is 2. The fraction of sp³-hybridized carbons (Fsp3) is 0.122. The SMILES string of the molecule is Cc1c(-c2ccccc2)sc2[c-]c(-c3cc(C(C)C)ccn3)cc(-c3ccccc3)c12.[2H]C([2H])([2H])c1ccc(-c2[c-]cccc2)nc1.[Ir]. The van der Waals surface area contributed by atoms with Gasteiger partial charge in [0.25, 0.3) is 0 Å². The van der Waals surface area contributed by atoms with E-state index >= 15 is 0 Å². The molecule has 0 spiro atoms. The molecule has 7 aromatic rings. The van der Waals surface area contributed by atoms with Crippen molar-refractivity contribution < 1.29 is 24.2 Å². The summed E-state index contributed by atoms with van der Waals surface area (Å²) < 4.78 is 22.9. The van der Waals surface area contributed by atoms with Gasteiger partial charge in [-0.1, -0.05) is 115 Å². The topological polar surface area (TPSA) is 25.8 Å². The van der Waals surface area contributed by atoms with E-state index in [2.05, 4.69) is 117 Å². The number of fused-ring (bicyclic) bond motifs is 1. The van der Waals surface area contributed by atoms with Crippen LogP contribution in [0.25, 0.3) is 54.2 Å². The third-order valence-corrected chi connectivity index (χ3v) is 8.81. The average Bonchev–Trinajstić information content (AvgIpc) is 3.45. The summed E-state index contributed by atoms with van der Waals surface area (Å²) in [5.74, 6) is 0.466. The van der Waals surface area contributed by atoms with E-state index in [0.717, 1.165) is 22.5 Å². The smallest absolute Gasteiger partial charge is 0.0280 e. The molecule has 45 heavy (non-hydrogen) atoms. The molecule has 7 rings (SSSR count). The fourth-order valence-electron chi connectivity index (χ4n) is 5.21. The maximum Gasteiger partial charge on any atom is 0.0280 e. The first kappa shape index (κ1) is 28.3. The largest absolute Gasteiger partial charge is 0.305 e. The second kappa shape index (κ2) is 14.7. The first-order chi connectivity index (χ1) is 22.7. The minimum atomic E-state index is -2.09. The molecule has 1 radical (unpaired) electrons. The van der Waals surface area contributed by atoms with Gasteiger partial charge >= 0.3 is 0 Å². The van der Waals surface area contributed by atoms with Crippen molar-refractivity contribution in [1.82, 2.24) is 9.97 Å². The van der Waals surface area contributed by atoms with Gasteiger partial charge in [0.15, 0.2) is 0 Å². The summed E-state index contributed by atoms with van der Waals surface area (Å²) in [4.78, 5) is 10.1. The maximum absolute atomic E-state index is 7.23. The maximum atomic E-state index is 7.23. The van der Waals surface area contributed by atoms with Gasteiger partial charge < -0.3 is 9.97 Å². The molecule has 0 aliphatic heterocycles. The van der Waals surface area contributed by atoms with E-state index in [1.165, 1.54) is 49.0 Å². The number of hydrogen-bond donors (Lipinski definition) is 0. The van der Waals surface area contributed by atoms with Crippen molar-refractivity contribution in [3.05, 3.63) is 156 Å². The summed E-state index contributed by atoms with van der Waals surface area (Å²) >= 11 is 1.82. The molecule has 4 heteroatoms. The normalized spacial score (nSPS) is 12.0. The summed E-state index contributed by atoms with van der Waals surface area (Å²) in [5.41, 5.74) is 10.2. The van der Waals surface area contributed by atoms with E-state index in [0.29, 0.717) is 5.92 Å². The van der Waals surface area contributed by atoms with Gasteiger partial charge in [0.05, 0.1) is 0 Å². The molecule has 0 atom stereocenters. The Morgan fingerprint density at radius 3 is 2.13 bits per heavy atom. The molecule has 0 amide bonds. The molecule has 0 fully saturated rings. The van der Waals surface area contributed by atoms with Gasteiger partial charge in [-0.25, -0.2) is 0 Å². The van der Waals surface area contributed by atoms with Crippen LogP contribution in [-0.2, 0) is 20.1 Å². The van der Waals surface area contributed by atoms with Crippen LogP contribution in [0.4, 0.5) is 0 Å². The molecule has 0 unspecified atom stereocenters. The van der Waals surface area contributed by atoms with Gasteiger partial charge in [-0.2, -0.15) is 11.3 Å². The Balaban J connectivity index is 0.000000224. The van der Waals surface area contributed by atoms with Crippen molar-refractivity contribution in [2.45, 2.75) is 33.5 Å². The van der Waals surface area contributed by atoms with E-state index in [9.17, 15) is 0 Å². The van der Waals surface area contributed by atoms with Crippen LogP contribution in [0.5, 0.6) is 0 Å². The minimum Gasteiger partial charge on any atom is -0.305 e. The third kappa shape index (κ3) is 7.37. The quantitative estimate of drug-likeness (QED) is 0.163. The van der Waals surface area contributed by atoms with Gasteiger partial charge in [-0.3, -0.25) is 0 Å². The van der Waals surface area contributed by atoms with E-state index in [-0.39, 0.29) is 25.7 Å². The predicted molar refractivity (Wildman–Crippen MR) is 187 cm³/mol. The van der Waals surface area contributed by atoms with Gasteiger partial charge in [0, 0.05) is 41.5 Å². The zero-order valence-electron chi connectivity index (χ0n) is 28.3. The Morgan fingerprint density at radius 2 is 1.49 bits per heavy atom. The molecular formula is C41H34IrN2S-2. The van der Waals surface area contributed by atoms with Crippen molar-refractivity contribution in [2.75, 3.05) is 0 Å². The molecule has 4 aromatic carbocycles. The van der Waals surface area contributed by atoms with Gasteiger partial charge in [0.2, 0.25) is 0 Å². The summed E-state index contributed by atoms with van der Waals surface area (Å²) in [6.45, 7) is 4.58. The van der Waals surface area contributed by atoms with Crippen LogP contribution in [0.2, 0.25) is 0 Å². The van der Waals surface area contributed by atoms with E-state index in [1.807, 2.05) is 35.7 Å². The summed E-state index contributed by atoms with van der Waals surface area (Å²) in [7, 11) is 0. The number of thiophene rings is 1. The van der Waals surface area contributed by atoms with Crippen LogP contribution in [0, 0.1) is 25.9 Å². The van der Waals surface area contributed by atoms with Crippen LogP contribution >= 0.6 is 11.3 Å². The molecule has 3 aromatic heterocycles. The molecule has 0 saturated carbocycles. The molecule has 0 aliphatic rings. The van der Waals surface area contributed by atoms with Crippen molar-refractivity contribution in [3.63, 3.8) is 0 Å².